The van der Waals surface area contributed by atoms with E-state index >= 15 is 8.78 Å². The molecule has 3 aromatic heterocycles. The van der Waals surface area contributed by atoms with E-state index < -0.39 is 34.6 Å². The Morgan fingerprint density at radius 1 is 1.17 bits per heavy atom. The summed E-state index contributed by atoms with van der Waals surface area (Å²) in [5, 5.41) is 16.8. The Morgan fingerprint density at radius 3 is 2.58 bits per heavy atom. The van der Waals surface area contributed by atoms with Gasteiger partial charge in [-0.25, -0.2) is 27.1 Å². The summed E-state index contributed by atoms with van der Waals surface area (Å²) in [6.07, 6.45) is 7.11. The molecule has 6 rings (SSSR count). The van der Waals surface area contributed by atoms with Crippen molar-refractivity contribution in [1.29, 1.82) is 5.41 Å². The van der Waals surface area contributed by atoms with Crippen LogP contribution in [-0.2, 0) is 27.6 Å². The van der Waals surface area contributed by atoms with Gasteiger partial charge in [0.05, 0.1) is 27.7 Å². The lowest BCUT2D eigenvalue weighted by Crippen LogP contribution is -2.36. The summed E-state index contributed by atoms with van der Waals surface area (Å²) in [5.74, 6) is -2.62. The standard InChI is InChI=1S/C40H50F2N12O5S/c1-6-8-30(38(56)46-23-55)54-29-11-9-26(19-31(29)51(5)40(54)57)25-13-17-52(18-14-25)16-7-15-50(4)60(58)32-12-10-28(33(41)34(32)42)47-39-48-37-36(59-24(2)3)35(27(20-43)21-44)45-22-53(37)49-39/h9-12,19-25,30,43H,6-8,13-18,44H2,1-5H3,(H,47,49)(H,46,55,56)/b27-21+,43-20?. The third-order valence-electron chi connectivity index (χ3n) is 10.6. The molecule has 1 fully saturated rings. The average molecular weight is 849 g/mol. The monoisotopic (exact) mass is 848 g/mol. The lowest BCUT2D eigenvalue weighted by atomic mass is 9.89. The van der Waals surface area contributed by atoms with Crippen molar-refractivity contribution in [2.24, 2.45) is 12.8 Å². The number of piperidine rings is 1. The van der Waals surface area contributed by atoms with Gasteiger partial charge in [-0.1, -0.05) is 19.4 Å². The van der Waals surface area contributed by atoms with Gasteiger partial charge in [0.1, 0.15) is 29.0 Å². The second kappa shape index (κ2) is 19.0. The number of imide groups is 1. The van der Waals surface area contributed by atoms with Crippen LogP contribution < -0.4 is 26.8 Å². The van der Waals surface area contributed by atoms with Crippen LogP contribution in [0.3, 0.4) is 0 Å². The van der Waals surface area contributed by atoms with E-state index in [0.29, 0.717) is 37.7 Å². The first-order valence-corrected chi connectivity index (χ1v) is 20.8. The van der Waals surface area contributed by atoms with Crippen LogP contribution in [-0.4, -0.2) is 100.0 Å². The van der Waals surface area contributed by atoms with E-state index in [0.717, 1.165) is 49.8 Å². The summed E-state index contributed by atoms with van der Waals surface area (Å²) < 4.78 is 56.0. The van der Waals surface area contributed by atoms with Gasteiger partial charge >= 0.3 is 5.69 Å². The van der Waals surface area contributed by atoms with Gasteiger partial charge in [0.2, 0.25) is 23.9 Å². The minimum Gasteiger partial charge on any atom is -0.485 e. The summed E-state index contributed by atoms with van der Waals surface area (Å²) in [7, 11) is 1.31. The summed E-state index contributed by atoms with van der Waals surface area (Å²) >= 11 is 0. The number of hydrogen-bond acceptors (Lipinski definition) is 12. The highest BCUT2D eigenvalue weighted by Crippen LogP contribution is 2.33. The number of fused-ring (bicyclic) bond motifs is 2. The highest BCUT2D eigenvalue weighted by Gasteiger charge is 2.28. The first-order valence-electron chi connectivity index (χ1n) is 19.7. The molecule has 0 spiro atoms. The van der Waals surface area contributed by atoms with Crippen molar-refractivity contribution in [3.63, 3.8) is 0 Å². The average Bonchev–Trinajstić information content (AvgIpc) is 3.76. The van der Waals surface area contributed by atoms with Crippen LogP contribution in [0.4, 0.5) is 20.4 Å². The molecule has 2 unspecified atom stereocenters. The summed E-state index contributed by atoms with van der Waals surface area (Å²) in [5.41, 5.74) is 8.33. The normalized spacial score (nSPS) is 15.2. The third kappa shape index (κ3) is 8.99. The molecule has 2 aromatic carbocycles. The molecule has 1 aliphatic heterocycles. The number of benzene rings is 2. The Morgan fingerprint density at radius 2 is 1.92 bits per heavy atom. The van der Waals surface area contributed by atoms with Gasteiger partial charge < -0.3 is 26.1 Å². The Kier molecular flexibility index (Phi) is 13.9. The maximum absolute atomic E-state index is 15.4. The van der Waals surface area contributed by atoms with E-state index in [-0.39, 0.29) is 56.9 Å². The fourth-order valence-corrected chi connectivity index (χ4v) is 8.57. The number of allylic oxidation sites excluding steroid dienone is 1. The van der Waals surface area contributed by atoms with Crippen molar-refractivity contribution in [2.75, 3.05) is 38.5 Å². The zero-order chi connectivity index (χ0) is 43.2. The Labute approximate surface area is 347 Å². The zero-order valence-electron chi connectivity index (χ0n) is 34.2. The van der Waals surface area contributed by atoms with Crippen LogP contribution in [0.25, 0.3) is 22.3 Å². The number of carbonyl (C=O) groups excluding carboxylic acids is 2. The molecule has 2 amide bonds. The number of amides is 2. The minimum atomic E-state index is -1.98. The number of aryl methyl sites for hydroxylation is 1. The number of rotatable bonds is 18. The zero-order valence-corrected chi connectivity index (χ0v) is 35.0. The Hall–Kier alpha value is -5.86. The van der Waals surface area contributed by atoms with Crippen molar-refractivity contribution < 1.29 is 27.3 Å². The van der Waals surface area contributed by atoms with E-state index in [2.05, 4.69) is 30.6 Å². The number of imidazole rings is 1. The second-order valence-electron chi connectivity index (χ2n) is 14.9. The number of likely N-dealkylation sites (tertiary alicyclic amines) is 1. The van der Waals surface area contributed by atoms with E-state index in [9.17, 15) is 18.6 Å². The fourth-order valence-electron chi connectivity index (χ4n) is 7.52. The second-order valence-corrected chi connectivity index (χ2v) is 16.4. The number of aromatic nitrogens is 6. The van der Waals surface area contributed by atoms with Crippen LogP contribution in [0.15, 0.2) is 52.5 Å². The predicted octanol–water partition coefficient (Wildman–Crippen LogP) is 4.37. The summed E-state index contributed by atoms with van der Waals surface area (Å²) in [6, 6.07) is 7.65. The van der Waals surface area contributed by atoms with Gasteiger partial charge in [0.25, 0.3) is 0 Å². The van der Waals surface area contributed by atoms with Crippen molar-refractivity contribution >= 4 is 63.4 Å². The first-order chi connectivity index (χ1) is 28.8. The van der Waals surface area contributed by atoms with Gasteiger partial charge in [0, 0.05) is 38.6 Å². The molecule has 320 valence electrons. The molecule has 1 aliphatic rings. The van der Waals surface area contributed by atoms with Crippen molar-refractivity contribution in [1.82, 2.24) is 43.2 Å². The molecule has 2 atom stereocenters. The Bertz CT molecular complexity index is 2510. The fraction of sp³-hybridized carbons (Fsp3) is 0.425. The molecular formula is C40H50F2N12O5S. The number of halogens is 2. The smallest absolute Gasteiger partial charge is 0.329 e. The van der Waals surface area contributed by atoms with E-state index in [1.165, 1.54) is 38.0 Å². The molecule has 20 heteroatoms. The first kappa shape index (κ1) is 43.7. The van der Waals surface area contributed by atoms with Crippen molar-refractivity contribution in [2.45, 2.75) is 75.8 Å². The molecule has 4 heterocycles. The number of anilines is 2. The van der Waals surface area contributed by atoms with Crippen LogP contribution in [0.1, 0.15) is 76.1 Å². The van der Waals surface area contributed by atoms with Crippen molar-refractivity contribution in [3.8, 4) is 5.75 Å². The molecule has 60 heavy (non-hydrogen) atoms. The van der Waals surface area contributed by atoms with Crippen LogP contribution in [0, 0.1) is 17.0 Å². The quantitative estimate of drug-likeness (QED) is 0.0719. The molecular weight excluding hydrogens is 799 g/mol. The Balaban J connectivity index is 1.04. The molecule has 5 N–H and O–H groups in total. The molecule has 1 saturated heterocycles. The third-order valence-corrected chi connectivity index (χ3v) is 12.0. The van der Waals surface area contributed by atoms with E-state index in [4.69, 9.17) is 15.9 Å². The number of nitrogens with two attached hydrogens (primary N) is 1. The SMILES string of the molecule is CCCC(C(=O)NC=O)n1c(=O)n(C)c2cc(C3CCN(CCCN(C)S(=O)c4ccc(Nc5nc6c(OC(C)C)c(/C(C=N)=C/N)ncn6n5)c(F)c4F)CC3)ccc21. The highest BCUT2D eigenvalue weighted by atomic mass is 32.2. The van der Waals surface area contributed by atoms with Crippen LogP contribution in [0.5, 0.6) is 5.75 Å². The predicted molar refractivity (Wildman–Crippen MR) is 225 cm³/mol. The maximum Gasteiger partial charge on any atom is 0.329 e. The molecule has 0 saturated carbocycles. The number of carbonyl (C=O) groups is 2. The van der Waals surface area contributed by atoms with Gasteiger partial charge in [-0.3, -0.25) is 24.0 Å². The number of ether oxygens (including phenoxy) is 1. The summed E-state index contributed by atoms with van der Waals surface area (Å²) in [6.45, 7) is 8.28. The van der Waals surface area contributed by atoms with Crippen molar-refractivity contribution in [3.05, 3.63) is 76.2 Å². The van der Waals surface area contributed by atoms with E-state index in [1.807, 2.05) is 25.1 Å². The van der Waals surface area contributed by atoms with E-state index in [1.54, 1.807) is 32.5 Å². The lowest BCUT2D eigenvalue weighted by molar-refractivity contribution is -0.128. The number of nitrogens with zero attached hydrogens (tertiary/aromatic N) is 8. The molecule has 5 aromatic rings. The lowest BCUT2D eigenvalue weighted by Gasteiger charge is -2.32. The summed E-state index contributed by atoms with van der Waals surface area (Å²) in [4.78, 5) is 47.7. The van der Waals surface area contributed by atoms with Gasteiger partial charge in [-0.15, -0.1) is 5.10 Å². The molecule has 0 bridgehead atoms. The van der Waals surface area contributed by atoms with Crippen LogP contribution >= 0.6 is 0 Å². The largest absolute Gasteiger partial charge is 0.485 e. The number of hydrogen-bond donors (Lipinski definition) is 4. The minimum absolute atomic E-state index is 0.0764. The van der Waals surface area contributed by atoms with Crippen LogP contribution in [0.2, 0.25) is 0 Å². The number of nitrogens with one attached hydrogen (secondary N) is 3. The van der Waals surface area contributed by atoms with Gasteiger partial charge in [-0.2, -0.15) is 9.50 Å². The molecule has 0 aliphatic carbocycles. The molecule has 0 radical (unpaired) electrons. The van der Waals surface area contributed by atoms with Gasteiger partial charge in [-0.05, 0) is 94.9 Å². The van der Waals surface area contributed by atoms with Gasteiger partial charge in [0.15, 0.2) is 17.4 Å². The highest BCUT2D eigenvalue weighted by molar-refractivity contribution is 7.82. The molecule has 17 nitrogen and oxygen atoms in total. The maximum atomic E-state index is 15.4. The topological polar surface area (TPSA) is 211 Å².